The van der Waals surface area contributed by atoms with Crippen LogP contribution in [-0.2, 0) is 5.41 Å². The van der Waals surface area contributed by atoms with E-state index < -0.39 is 0 Å². The highest BCUT2D eigenvalue weighted by molar-refractivity contribution is 5.29. The van der Waals surface area contributed by atoms with E-state index in [0.29, 0.717) is 5.41 Å². The quantitative estimate of drug-likeness (QED) is 0.818. The minimum atomic E-state index is 0.403. The van der Waals surface area contributed by atoms with Gasteiger partial charge in [0.05, 0.1) is 0 Å². The van der Waals surface area contributed by atoms with Crippen LogP contribution in [0.2, 0.25) is 0 Å². The van der Waals surface area contributed by atoms with Crippen LogP contribution >= 0.6 is 0 Å². The summed E-state index contributed by atoms with van der Waals surface area (Å²) in [5.74, 6) is 0. The van der Waals surface area contributed by atoms with Crippen molar-refractivity contribution in [3.05, 3.63) is 35.4 Å². The number of likely N-dealkylation sites (N-methyl/N-ethyl adjacent to an activating group) is 1. The summed E-state index contributed by atoms with van der Waals surface area (Å²) in [7, 11) is 2.07. The summed E-state index contributed by atoms with van der Waals surface area (Å²) in [6, 6.07) is 9.17. The average molecular weight is 217 g/mol. The van der Waals surface area contributed by atoms with Crippen molar-refractivity contribution in [2.75, 3.05) is 13.6 Å². The highest BCUT2D eigenvalue weighted by Crippen LogP contribution is 2.38. The van der Waals surface area contributed by atoms with Gasteiger partial charge in [0.1, 0.15) is 0 Å². The molecule has 0 radical (unpaired) electrons. The molecule has 1 aliphatic carbocycles. The van der Waals surface area contributed by atoms with Crippen molar-refractivity contribution in [1.82, 2.24) is 5.32 Å². The summed E-state index contributed by atoms with van der Waals surface area (Å²) in [5.41, 5.74) is 3.30. The molecule has 0 spiro atoms. The van der Waals surface area contributed by atoms with Gasteiger partial charge in [0.25, 0.3) is 0 Å². The maximum atomic E-state index is 3.39. The molecule has 1 heteroatoms. The van der Waals surface area contributed by atoms with Crippen molar-refractivity contribution in [2.45, 2.75) is 44.4 Å². The Labute approximate surface area is 99.3 Å². The standard InChI is InChI=1S/C15H23N/c1-13-6-8-14(9-7-13)15(12-16-2)10-4-3-5-11-15/h6-9,16H,3-5,10-12H2,1-2H3. The summed E-state index contributed by atoms with van der Waals surface area (Å²) in [6.07, 6.45) is 6.87. The molecule has 1 N–H and O–H groups in total. The fraction of sp³-hybridized carbons (Fsp3) is 0.600. The van der Waals surface area contributed by atoms with Crippen molar-refractivity contribution >= 4 is 0 Å². The molecule has 0 heterocycles. The van der Waals surface area contributed by atoms with Crippen LogP contribution < -0.4 is 5.32 Å². The van der Waals surface area contributed by atoms with Crippen LogP contribution in [0.4, 0.5) is 0 Å². The highest BCUT2D eigenvalue weighted by Gasteiger charge is 2.32. The van der Waals surface area contributed by atoms with E-state index in [9.17, 15) is 0 Å². The van der Waals surface area contributed by atoms with Crippen LogP contribution in [-0.4, -0.2) is 13.6 Å². The van der Waals surface area contributed by atoms with E-state index in [4.69, 9.17) is 0 Å². The molecule has 1 aliphatic rings. The molecule has 0 unspecified atom stereocenters. The monoisotopic (exact) mass is 217 g/mol. The average Bonchev–Trinajstić information content (AvgIpc) is 2.31. The van der Waals surface area contributed by atoms with Gasteiger partial charge in [-0.05, 0) is 32.4 Å². The molecular formula is C15H23N. The van der Waals surface area contributed by atoms with Gasteiger partial charge in [0.2, 0.25) is 0 Å². The van der Waals surface area contributed by atoms with Crippen LogP contribution in [0.3, 0.4) is 0 Å². The molecule has 1 fully saturated rings. The first-order valence-corrected chi connectivity index (χ1v) is 6.49. The van der Waals surface area contributed by atoms with Crippen molar-refractivity contribution in [2.24, 2.45) is 0 Å². The summed E-state index contributed by atoms with van der Waals surface area (Å²) in [4.78, 5) is 0. The van der Waals surface area contributed by atoms with Crippen molar-refractivity contribution < 1.29 is 0 Å². The third kappa shape index (κ3) is 2.30. The Hall–Kier alpha value is -0.820. The first kappa shape index (κ1) is 11.7. The second-order valence-corrected chi connectivity index (χ2v) is 5.24. The Morgan fingerprint density at radius 2 is 1.69 bits per heavy atom. The Kier molecular flexibility index (Phi) is 3.65. The van der Waals surface area contributed by atoms with Crippen LogP contribution in [0, 0.1) is 6.92 Å². The zero-order chi connectivity index (χ0) is 11.4. The predicted molar refractivity (Wildman–Crippen MR) is 69.9 cm³/mol. The van der Waals surface area contributed by atoms with Gasteiger partial charge in [-0.1, -0.05) is 49.1 Å². The minimum absolute atomic E-state index is 0.403. The fourth-order valence-corrected chi connectivity index (χ4v) is 3.04. The highest BCUT2D eigenvalue weighted by atomic mass is 14.8. The van der Waals surface area contributed by atoms with Gasteiger partial charge in [-0.3, -0.25) is 0 Å². The summed E-state index contributed by atoms with van der Waals surface area (Å²) < 4.78 is 0. The Bertz CT molecular complexity index is 314. The number of nitrogens with one attached hydrogen (secondary N) is 1. The van der Waals surface area contributed by atoms with Gasteiger partial charge in [-0.2, -0.15) is 0 Å². The van der Waals surface area contributed by atoms with E-state index in [1.54, 1.807) is 0 Å². The molecule has 1 aromatic rings. The Balaban J connectivity index is 2.26. The van der Waals surface area contributed by atoms with Crippen LogP contribution in [0.25, 0.3) is 0 Å². The largest absolute Gasteiger partial charge is 0.319 e. The number of hydrogen-bond acceptors (Lipinski definition) is 1. The molecule has 16 heavy (non-hydrogen) atoms. The number of aryl methyl sites for hydroxylation is 1. The molecule has 2 rings (SSSR count). The normalized spacial score (nSPS) is 19.6. The van der Waals surface area contributed by atoms with Gasteiger partial charge < -0.3 is 5.32 Å². The summed E-state index contributed by atoms with van der Waals surface area (Å²) in [6.45, 7) is 3.28. The maximum Gasteiger partial charge on any atom is 0.00776 e. The molecular weight excluding hydrogens is 194 g/mol. The maximum absolute atomic E-state index is 3.39. The van der Waals surface area contributed by atoms with E-state index >= 15 is 0 Å². The van der Waals surface area contributed by atoms with E-state index in [0.717, 1.165) is 6.54 Å². The lowest BCUT2D eigenvalue weighted by Crippen LogP contribution is -2.38. The van der Waals surface area contributed by atoms with E-state index in [1.807, 2.05) is 0 Å². The molecule has 0 aliphatic heterocycles. The molecule has 1 saturated carbocycles. The van der Waals surface area contributed by atoms with E-state index in [1.165, 1.54) is 43.2 Å². The van der Waals surface area contributed by atoms with Crippen LogP contribution in [0.5, 0.6) is 0 Å². The van der Waals surface area contributed by atoms with E-state index in [-0.39, 0.29) is 0 Å². The molecule has 1 nitrogen and oxygen atoms in total. The van der Waals surface area contributed by atoms with Gasteiger partial charge in [-0.15, -0.1) is 0 Å². The van der Waals surface area contributed by atoms with Crippen LogP contribution in [0.15, 0.2) is 24.3 Å². The van der Waals surface area contributed by atoms with Crippen molar-refractivity contribution in [1.29, 1.82) is 0 Å². The van der Waals surface area contributed by atoms with Gasteiger partial charge in [-0.25, -0.2) is 0 Å². The second-order valence-electron chi connectivity index (χ2n) is 5.24. The molecule has 0 aromatic heterocycles. The zero-order valence-corrected chi connectivity index (χ0v) is 10.6. The number of hydrogen-bond donors (Lipinski definition) is 1. The third-order valence-electron chi connectivity index (χ3n) is 3.99. The smallest absolute Gasteiger partial charge is 0.00776 e. The first-order valence-electron chi connectivity index (χ1n) is 6.49. The minimum Gasteiger partial charge on any atom is -0.319 e. The summed E-state index contributed by atoms with van der Waals surface area (Å²) in [5, 5.41) is 3.39. The van der Waals surface area contributed by atoms with Crippen molar-refractivity contribution in [3.63, 3.8) is 0 Å². The zero-order valence-electron chi connectivity index (χ0n) is 10.6. The molecule has 0 bridgehead atoms. The SMILES string of the molecule is CNCC1(c2ccc(C)cc2)CCCCC1. The topological polar surface area (TPSA) is 12.0 Å². The van der Waals surface area contributed by atoms with Gasteiger partial charge in [0.15, 0.2) is 0 Å². The molecule has 88 valence electrons. The Morgan fingerprint density at radius 1 is 1.06 bits per heavy atom. The molecule has 0 saturated heterocycles. The Morgan fingerprint density at radius 3 is 2.25 bits per heavy atom. The second kappa shape index (κ2) is 5.01. The van der Waals surface area contributed by atoms with Crippen LogP contribution in [0.1, 0.15) is 43.2 Å². The molecule has 0 amide bonds. The van der Waals surface area contributed by atoms with Crippen molar-refractivity contribution in [3.8, 4) is 0 Å². The van der Waals surface area contributed by atoms with E-state index in [2.05, 4.69) is 43.6 Å². The fourth-order valence-electron chi connectivity index (χ4n) is 3.04. The third-order valence-corrected chi connectivity index (χ3v) is 3.99. The lowest BCUT2D eigenvalue weighted by Gasteiger charge is -2.38. The summed E-state index contributed by atoms with van der Waals surface area (Å²) >= 11 is 0. The molecule has 1 aromatic carbocycles. The number of benzene rings is 1. The predicted octanol–water partition coefficient (Wildman–Crippen LogP) is 3.42. The number of rotatable bonds is 3. The lowest BCUT2D eigenvalue weighted by atomic mass is 9.69. The lowest BCUT2D eigenvalue weighted by molar-refractivity contribution is 0.286. The van der Waals surface area contributed by atoms with Gasteiger partial charge >= 0.3 is 0 Å². The van der Waals surface area contributed by atoms with Gasteiger partial charge in [0, 0.05) is 12.0 Å². The first-order chi connectivity index (χ1) is 7.77. The molecule has 0 atom stereocenters.